The molecule has 2 aromatic heterocycles. The quantitative estimate of drug-likeness (QED) is 0.614. The first kappa shape index (κ1) is 22.0. The van der Waals surface area contributed by atoms with Crippen LogP contribution in [0.1, 0.15) is 53.8 Å². The van der Waals surface area contributed by atoms with Crippen molar-refractivity contribution in [3.63, 3.8) is 0 Å². The van der Waals surface area contributed by atoms with E-state index in [0.717, 1.165) is 41.4 Å². The molecular weight excluding hydrogens is 400 g/mol. The summed E-state index contributed by atoms with van der Waals surface area (Å²) in [5.41, 5.74) is 5.35. The van der Waals surface area contributed by atoms with E-state index < -0.39 is 0 Å². The summed E-state index contributed by atoms with van der Waals surface area (Å²) < 4.78 is 1.84. The summed E-state index contributed by atoms with van der Waals surface area (Å²) in [6.07, 6.45) is 4.79. The van der Waals surface area contributed by atoms with Crippen molar-refractivity contribution < 1.29 is 4.79 Å². The van der Waals surface area contributed by atoms with Crippen LogP contribution < -0.4 is 10.2 Å². The number of rotatable bonds is 7. The lowest BCUT2D eigenvalue weighted by Crippen LogP contribution is -2.30. The first-order chi connectivity index (χ1) is 15.5. The van der Waals surface area contributed by atoms with Gasteiger partial charge in [-0.3, -0.25) is 4.79 Å². The number of anilines is 1. The van der Waals surface area contributed by atoms with Gasteiger partial charge in [0.1, 0.15) is 0 Å². The lowest BCUT2D eigenvalue weighted by molar-refractivity contribution is -0.121. The van der Waals surface area contributed by atoms with Crippen LogP contribution in [0.15, 0.2) is 36.4 Å². The fraction of sp³-hybridized carbons (Fsp3) is 0.440. The van der Waals surface area contributed by atoms with Crippen LogP contribution in [-0.2, 0) is 17.8 Å². The number of aryl methyl sites for hydroxylation is 2. The van der Waals surface area contributed by atoms with Crippen LogP contribution in [-0.4, -0.2) is 39.0 Å². The molecule has 0 unspecified atom stereocenters. The molecule has 0 bridgehead atoms. The molecule has 1 aliphatic rings. The molecule has 1 aromatic carbocycles. The van der Waals surface area contributed by atoms with E-state index in [1.807, 2.05) is 42.8 Å². The van der Waals surface area contributed by atoms with Gasteiger partial charge in [-0.2, -0.15) is 5.10 Å². The van der Waals surface area contributed by atoms with Gasteiger partial charge in [0.15, 0.2) is 11.6 Å². The number of nitrogens with zero attached hydrogens (tertiary/aromatic N) is 5. The van der Waals surface area contributed by atoms with Gasteiger partial charge in [-0.1, -0.05) is 29.8 Å². The normalized spacial score (nSPS) is 13.9. The summed E-state index contributed by atoms with van der Waals surface area (Å²) in [7, 11) is 0. The van der Waals surface area contributed by atoms with Crippen molar-refractivity contribution >= 4 is 11.7 Å². The Kier molecular flexibility index (Phi) is 6.83. The second-order valence-electron chi connectivity index (χ2n) is 8.62. The molecule has 0 spiro atoms. The van der Waals surface area contributed by atoms with Crippen molar-refractivity contribution in [1.29, 1.82) is 0 Å². The molecule has 1 aliphatic heterocycles. The minimum atomic E-state index is 0.0443. The highest BCUT2D eigenvalue weighted by Crippen LogP contribution is 2.21. The molecular formula is C25H32N6O. The maximum atomic E-state index is 12.4. The zero-order valence-electron chi connectivity index (χ0n) is 19.3. The van der Waals surface area contributed by atoms with E-state index in [2.05, 4.69) is 44.6 Å². The summed E-state index contributed by atoms with van der Waals surface area (Å²) in [5, 5.41) is 16.6. The number of benzene rings is 1. The van der Waals surface area contributed by atoms with Gasteiger partial charge in [0.05, 0.1) is 5.69 Å². The Morgan fingerprint density at radius 3 is 2.31 bits per heavy atom. The molecule has 1 fully saturated rings. The molecule has 7 heteroatoms. The Balaban J connectivity index is 1.37. The van der Waals surface area contributed by atoms with Crippen LogP contribution >= 0.6 is 0 Å². The Morgan fingerprint density at radius 1 is 0.938 bits per heavy atom. The Bertz CT molecular complexity index is 1050. The average Bonchev–Trinajstić information content (AvgIpc) is 3.11. The van der Waals surface area contributed by atoms with Gasteiger partial charge in [-0.05, 0) is 69.7 Å². The van der Waals surface area contributed by atoms with Gasteiger partial charge >= 0.3 is 0 Å². The SMILES string of the molecule is Cc1ccc(CNC(=O)CCc2c(C)nn(-c3ccc(N4CCCCC4)nn3)c2C)cc1. The Hall–Kier alpha value is -3.22. The van der Waals surface area contributed by atoms with E-state index in [1.54, 1.807) is 0 Å². The zero-order chi connectivity index (χ0) is 22.5. The van der Waals surface area contributed by atoms with Crippen LogP contribution in [0.25, 0.3) is 5.82 Å². The molecule has 1 N–H and O–H groups in total. The minimum Gasteiger partial charge on any atom is -0.355 e. The van der Waals surface area contributed by atoms with E-state index in [1.165, 1.54) is 24.8 Å². The molecule has 0 saturated carbocycles. The van der Waals surface area contributed by atoms with Gasteiger partial charge in [0, 0.05) is 31.7 Å². The van der Waals surface area contributed by atoms with E-state index in [4.69, 9.17) is 0 Å². The van der Waals surface area contributed by atoms with Crippen molar-refractivity contribution in [1.82, 2.24) is 25.3 Å². The smallest absolute Gasteiger partial charge is 0.220 e. The largest absolute Gasteiger partial charge is 0.355 e. The van der Waals surface area contributed by atoms with Crippen LogP contribution in [0.5, 0.6) is 0 Å². The third kappa shape index (κ3) is 5.15. The number of nitrogens with one attached hydrogen (secondary N) is 1. The summed E-state index contributed by atoms with van der Waals surface area (Å²) in [6, 6.07) is 12.2. The Labute approximate surface area is 189 Å². The van der Waals surface area contributed by atoms with Gasteiger partial charge in [0.2, 0.25) is 5.91 Å². The number of hydrogen-bond donors (Lipinski definition) is 1. The molecule has 1 amide bonds. The second kappa shape index (κ2) is 9.94. The number of carbonyl (C=O) groups is 1. The predicted molar refractivity (Wildman–Crippen MR) is 126 cm³/mol. The van der Waals surface area contributed by atoms with Crippen molar-refractivity contribution in [2.75, 3.05) is 18.0 Å². The lowest BCUT2D eigenvalue weighted by atomic mass is 10.1. The highest BCUT2D eigenvalue weighted by atomic mass is 16.1. The second-order valence-corrected chi connectivity index (χ2v) is 8.62. The fourth-order valence-corrected chi connectivity index (χ4v) is 4.22. The number of piperidine rings is 1. The maximum absolute atomic E-state index is 12.4. The van der Waals surface area contributed by atoms with Crippen molar-refractivity contribution in [2.24, 2.45) is 0 Å². The fourth-order valence-electron chi connectivity index (χ4n) is 4.22. The molecule has 0 radical (unpaired) electrons. The first-order valence-electron chi connectivity index (χ1n) is 11.5. The van der Waals surface area contributed by atoms with Crippen molar-refractivity contribution in [2.45, 2.75) is 59.4 Å². The standard InChI is InChI=1S/C25H32N6O/c1-18-7-9-21(10-8-18)17-26-25(32)14-11-22-19(2)29-31(20(22)3)24-13-12-23(27-28-24)30-15-5-4-6-16-30/h7-10,12-13H,4-6,11,14-17H2,1-3H3,(H,26,32). The number of amides is 1. The van der Waals surface area contributed by atoms with Crippen LogP contribution in [0, 0.1) is 20.8 Å². The molecule has 0 aliphatic carbocycles. The van der Waals surface area contributed by atoms with Gasteiger partial charge in [-0.25, -0.2) is 4.68 Å². The minimum absolute atomic E-state index is 0.0443. The first-order valence-corrected chi connectivity index (χ1v) is 11.5. The van der Waals surface area contributed by atoms with E-state index in [-0.39, 0.29) is 5.91 Å². The molecule has 1 saturated heterocycles. The Morgan fingerprint density at radius 2 is 1.62 bits per heavy atom. The average molecular weight is 433 g/mol. The van der Waals surface area contributed by atoms with E-state index in [0.29, 0.717) is 25.2 Å². The predicted octanol–water partition coefficient (Wildman–Crippen LogP) is 3.83. The summed E-state index contributed by atoms with van der Waals surface area (Å²) in [5.74, 6) is 1.68. The molecule has 3 aromatic rings. The summed E-state index contributed by atoms with van der Waals surface area (Å²) >= 11 is 0. The third-order valence-electron chi connectivity index (χ3n) is 6.19. The highest BCUT2D eigenvalue weighted by molar-refractivity contribution is 5.76. The summed E-state index contributed by atoms with van der Waals surface area (Å²) in [6.45, 7) is 8.71. The molecule has 3 heterocycles. The van der Waals surface area contributed by atoms with Crippen molar-refractivity contribution in [3.8, 4) is 5.82 Å². The van der Waals surface area contributed by atoms with E-state index in [9.17, 15) is 4.79 Å². The highest BCUT2D eigenvalue weighted by Gasteiger charge is 2.17. The van der Waals surface area contributed by atoms with Crippen molar-refractivity contribution in [3.05, 3.63) is 64.5 Å². The van der Waals surface area contributed by atoms with Crippen LogP contribution in [0.3, 0.4) is 0 Å². The van der Waals surface area contributed by atoms with E-state index >= 15 is 0 Å². The summed E-state index contributed by atoms with van der Waals surface area (Å²) in [4.78, 5) is 14.7. The number of aromatic nitrogens is 4. The number of carbonyl (C=O) groups excluding carboxylic acids is 1. The van der Waals surface area contributed by atoms with Crippen LogP contribution in [0.4, 0.5) is 5.82 Å². The van der Waals surface area contributed by atoms with Gasteiger partial charge < -0.3 is 10.2 Å². The monoisotopic (exact) mass is 432 g/mol. The molecule has 32 heavy (non-hydrogen) atoms. The number of hydrogen-bond acceptors (Lipinski definition) is 5. The van der Waals surface area contributed by atoms with Gasteiger partial charge in [-0.15, -0.1) is 10.2 Å². The zero-order valence-corrected chi connectivity index (χ0v) is 19.3. The van der Waals surface area contributed by atoms with Gasteiger partial charge in [0.25, 0.3) is 0 Å². The topological polar surface area (TPSA) is 75.9 Å². The lowest BCUT2D eigenvalue weighted by Gasteiger charge is -2.27. The third-order valence-corrected chi connectivity index (χ3v) is 6.19. The van der Waals surface area contributed by atoms with Crippen LogP contribution in [0.2, 0.25) is 0 Å². The molecule has 168 valence electrons. The molecule has 0 atom stereocenters. The maximum Gasteiger partial charge on any atom is 0.220 e. The molecule has 7 nitrogen and oxygen atoms in total. The molecule has 4 rings (SSSR count).